The number of hydrogen-bond acceptors (Lipinski definition) is 3. The Morgan fingerprint density at radius 3 is 2.80 bits per heavy atom. The van der Waals surface area contributed by atoms with Crippen LogP contribution in [-0.4, -0.2) is 11.1 Å². The van der Waals surface area contributed by atoms with E-state index in [4.69, 9.17) is 10.00 Å². The fourth-order valence-electron chi connectivity index (χ4n) is 1.31. The van der Waals surface area contributed by atoms with E-state index >= 15 is 0 Å². The molecule has 3 nitrogen and oxygen atoms in total. The predicted octanol–water partition coefficient (Wildman–Crippen LogP) is 2.62. The second-order valence-electron chi connectivity index (χ2n) is 4.20. The van der Waals surface area contributed by atoms with Crippen LogP contribution in [0, 0.1) is 11.3 Å². The van der Waals surface area contributed by atoms with Gasteiger partial charge >= 0.3 is 0 Å². The fourth-order valence-corrected chi connectivity index (χ4v) is 1.31. The van der Waals surface area contributed by atoms with Crippen LogP contribution in [0.4, 0.5) is 0 Å². The van der Waals surface area contributed by atoms with E-state index in [1.54, 1.807) is 6.20 Å². The second-order valence-corrected chi connectivity index (χ2v) is 4.20. The first-order chi connectivity index (χ1) is 7.20. The summed E-state index contributed by atoms with van der Waals surface area (Å²) in [6.45, 7) is 4.20. The molecule has 3 heteroatoms. The van der Waals surface area contributed by atoms with E-state index in [0.717, 1.165) is 18.4 Å². The molecule has 0 aliphatic heterocycles. The zero-order valence-electron chi connectivity index (χ0n) is 9.03. The summed E-state index contributed by atoms with van der Waals surface area (Å²) in [6, 6.07) is 4.00. The lowest BCUT2D eigenvalue weighted by Gasteiger charge is -2.09. The van der Waals surface area contributed by atoms with Crippen LogP contribution in [0.3, 0.4) is 0 Å². The molecular weight excluding hydrogens is 188 g/mol. The topological polar surface area (TPSA) is 45.9 Å². The zero-order valence-corrected chi connectivity index (χ0v) is 9.03. The molecule has 1 fully saturated rings. The molecule has 0 unspecified atom stereocenters. The van der Waals surface area contributed by atoms with Gasteiger partial charge in [-0.1, -0.05) is 13.8 Å². The first-order valence-corrected chi connectivity index (χ1v) is 5.27. The predicted molar refractivity (Wildman–Crippen MR) is 56.7 cm³/mol. The molecule has 78 valence electrons. The Hall–Kier alpha value is -1.56. The standard InChI is InChI=1S/C12H14N2O/c1-8(2)9-5-12(15-10-3-4-10)11(6-13)14-7-9/h5,7-8,10H,3-4H2,1-2H3. The van der Waals surface area contributed by atoms with E-state index in [9.17, 15) is 0 Å². The van der Waals surface area contributed by atoms with Crippen LogP contribution in [-0.2, 0) is 0 Å². The SMILES string of the molecule is CC(C)c1cnc(C#N)c(OC2CC2)c1. The molecule has 0 atom stereocenters. The van der Waals surface area contributed by atoms with Crippen LogP contribution in [0.5, 0.6) is 5.75 Å². The Bertz CT molecular complexity index is 403. The summed E-state index contributed by atoms with van der Waals surface area (Å²) >= 11 is 0. The van der Waals surface area contributed by atoms with Crippen molar-refractivity contribution in [1.82, 2.24) is 4.98 Å². The minimum atomic E-state index is 0.307. The first-order valence-electron chi connectivity index (χ1n) is 5.27. The second kappa shape index (κ2) is 3.90. The van der Waals surface area contributed by atoms with Gasteiger partial charge < -0.3 is 4.74 Å². The Morgan fingerprint density at radius 2 is 2.27 bits per heavy atom. The van der Waals surface area contributed by atoms with Crippen molar-refractivity contribution < 1.29 is 4.74 Å². The molecular formula is C12H14N2O. The molecule has 1 heterocycles. The molecule has 0 aromatic carbocycles. The van der Waals surface area contributed by atoms with Crippen molar-refractivity contribution in [1.29, 1.82) is 5.26 Å². The lowest BCUT2D eigenvalue weighted by Crippen LogP contribution is -2.01. The molecule has 1 aromatic heterocycles. The highest BCUT2D eigenvalue weighted by Gasteiger charge is 2.25. The van der Waals surface area contributed by atoms with Crippen molar-refractivity contribution in [2.45, 2.75) is 38.7 Å². The average molecular weight is 202 g/mol. The third-order valence-corrected chi connectivity index (χ3v) is 2.46. The highest BCUT2D eigenvalue weighted by Crippen LogP contribution is 2.30. The number of rotatable bonds is 3. The fraction of sp³-hybridized carbons (Fsp3) is 0.500. The van der Waals surface area contributed by atoms with Gasteiger partial charge in [0.15, 0.2) is 11.4 Å². The third kappa shape index (κ3) is 2.27. The highest BCUT2D eigenvalue weighted by atomic mass is 16.5. The number of ether oxygens (including phenoxy) is 1. The van der Waals surface area contributed by atoms with Gasteiger partial charge in [0, 0.05) is 6.20 Å². The number of nitrogens with zero attached hydrogens (tertiary/aromatic N) is 2. The van der Waals surface area contributed by atoms with E-state index in [1.807, 2.05) is 6.07 Å². The van der Waals surface area contributed by atoms with Gasteiger partial charge in [0.1, 0.15) is 6.07 Å². The van der Waals surface area contributed by atoms with E-state index < -0.39 is 0 Å². The highest BCUT2D eigenvalue weighted by molar-refractivity contribution is 5.40. The Kier molecular flexibility index (Phi) is 2.59. The molecule has 1 aliphatic carbocycles. The maximum Gasteiger partial charge on any atom is 0.182 e. The van der Waals surface area contributed by atoms with Crippen molar-refractivity contribution >= 4 is 0 Å². The van der Waals surface area contributed by atoms with E-state index in [1.165, 1.54) is 0 Å². The first kappa shape index (κ1) is 9.97. The Morgan fingerprint density at radius 1 is 1.53 bits per heavy atom. The molecule has 1 aliphatic rings. The van der Waals surface area contributed by atoms with Crippen molar-refractivity contribution in [3.8, 4) is 11.8 Å². The summed E-state index contributed by atoms with van der Waals surface area (Å²) in [5.41, 5.74) is 1.51. The number of aromatic nitrogens is 1. The summed E-state index contributed by atoms with van der Waals surface area (Å²) in [6.07, 6.45) is 4.25. The maximum absolute atomic E-state index is 8.89. The lowest BCUT2D eigenvalue weighted by atomic mass is 10.1. The van der Waals surface area contributed by atoms with Gasteiger partial charge in [-0.05, 0) is 30.4 Å². The summed E-state index contributed by atoms with van der Waals surface area (Å²) in [5, 5.41) is 8.89. The lowest BCUT2D eigenvalue weighted by molar-refractivity contribution is 0.300. The quantitative estimate of drug-likeness (QED) is 0.756. The minimum Gasteiger partial charge on any atom is -0.487 e. The Balaban J connectivity index is 2.29. The van der Waals surface area contributed by atoms with Crippen LogP contribution in [0.15, 0.2) is 12.3 Å². The molecule has 1 saturated carbocycles. The van der Waals surface area contributed by atoms with Crippen molar-refractivity contribution in [3.05, 3.63) is 23.5 Å². The largest absolute Gasteiger partial charge is 0.487 e. The average Bonchev–Trinajstić information content (AvgIpc) is 3.01. The number of pyridine rings is 1. The monoisotopic (exact) mass is 202 g/mol. The number of hydrogen-bond donors (Lipinski definition) is 0. The van der Waals surface area contributed by atoms with E-state index in [0.29, 0.717) is 23.5 Å². The molecule has 1 aromatic rings. The van der Waals surface area contributed by atoms with Crippen LogP contribution in [0.1, 0.15) is 43.9 Å². The summed E-state index contributed by atoms with van der Waals surface area (Å²) in [5.74, 6) is 1.05. The smallest absolute Gasteiger partial charge is 0.182 e. The molecule has 0 spiro atoms. The van der Waals surface area contributed by atoms with Gasteiger partial charge in [0.2, 0.25) is 0 Å². The van der Waals surface area contributed by atoms with Gasteiger partial charge in [-0.3, -0.25) is 0 Å². The van der Waals surface area contributed by atoms with Gasteiger partial charge in [0.25, 0.3) is 0 Å². The van der Waals surface area contributed by atoms with Gasteiger partial charge in [-0.15, -0.1) is 0 Å². The summed E-state index contributed by atoms with van der Waals surface area (Å²) in [4.78, 5) is 4.11. The van der Waals surface area contributed by atoms with Gasteiger partial charge in [-0.25, -0.2) is 4.98 Å². The molecule has 0 amide bonds. The van der Waals surface area contributed by atoms with Crippen molar-refractivity contribution in [3.63, 3.8) is 0 Å². The zero-order chi connectivity index (χ0) is 10.8. The van der Waals surface area contributed by atoms with Gasteiger partial charge in [-0.2, -0.15) is 5.26 Å². The van der Waals surface area contributed by atoms with Crippen LogP contribution in [0.25, 0.3) is 0 Å². The molecule has 0 radical (unpaired) electrons. The van der Waals surface area contributed by atoms with Crippen LogP contribution in [0.2, 0.25) is 0 Å². The van der Waals surface area contributed by atoms with Crippen LogP contribution < -0.4 is 4.74 Å². The number of nitriles is 1. The molecule has 2 rings (SSSR count). The summed E-state index contributed by atoms with van der Waals surface area (Å²) < 4.78 is 5.65. The molecule has 15 heavy (non-hydrogen) atoms. The third-order valence-electron chi connectivity index (χ3n) is 2.46. The van der Waals surface area contributed by atoms with E-state index in [-0.39, 0.29) is 0 Å². The molecule has 0 saturated heterocycles. The summed E-state index contributed by atoms with van der Waals surface area (Å²) in [7, 11) is 0. The van der Waals surface area contributed by atoms with Crippen molar-refractivity contribution in [2.75, 3.05) is 0 Å². The van der Waals surface area contributed by atoms with Crippen LogP contribution >= 0.6 is 0 Å². The van der Waals surface area contributed by atoms with Gasteiger partial charge in [0.05, 0.1) is 6.10 Å². The Labute approximate surface area is 89.7 Å². The van der Waals surface area contributed by atoms with Crippen molar-refractivity contribution in [2.24, 2.45) is 0 Å². The maximum atomic E-state index is 8.89. The molecule has 0 N–H and O–H groups in total. The molecule has 0 bridgehead atoms. The minimum absolute atomic E-state index is 0.307. The van der Waals surface area contributed by atoms with E-state index in [2.05, 4.69) is 24.9 Å². The normalized spacial score (nSPS) is 15.1.